The summed E-state index contributed by atoms with van der Waals surface area (Å²) >= 11 is 0. The number of carbonyl (C=O) groups excluding carboxylic acids is 2. The smallest absolute Gasteiger partial charge is 0.360 e. The zero-order valence-corrected chi connectivity index (χ0v) is 17.4. The summed E-state index contributed by atoms with van der Waals surface area (Å²) in [5.41, 5.74) is 0.371. The highest BCUT2D eigenvalue weighted by atomic mass is 16.5. The van der Waals surface area contributed by atoms with Crippen molar-refractivity contribution in [2.75, 3.05) is 0 Å². The molecule has 0 unspecified atom stereocenters. The van der Waals surface area contributed by atoms with Crippen LogP contribution in [0, 0.1) is 0 Å². The lowest BCUT2D eigenvalue weighted by atomic mass is 10.1. The summed E-state index contributed by atoms with van der Waals surface area (Å²) in [6.45, 7) is 2.43. The number of carbonyl (C=O) groups is 2. The molecule has 7 heteroatoms. The van der Waals surface area contributed by atoms with E-state index in [2.05, 4.69) is 10.4 Å². The van der Waals surface area contributed by atoms with Crippen LogP contribution in [0.25, 0.3) is 10.8 Å². The summed E-state index contributed by atoms with van der Waals surface area (Å²) < 4.78 is 7.00. The molecule has 7 nitrogen and oxygen atoms in total. The van der Waals surface area contributed by atoms with Crippen molar-refractivity contribution in [2.24, 2.45) is 0 Å². The maximum Gasteiger partial charge on any atom is 0.360 e. The molecule has 1 atom stereocenters. The summed E-state index contributed by atoms with van der Waals surface area (Å²) in [6.07, 6.45) is 2.41. The molecular formula is C24H25N3O4. The first-order valence-corrected chi connectivity index (χ1v) is 10.6. The Kier molecular flexibility index (Phi) is 6.11. The van der Waals surface area contributed by atoms with E-state index in [0.29, 0.717) is 22.9 Å². The number of benzene rings is 2. The van der Waals surface area contributed by atoms with Crippen LogP contribution in [-0.2, 0) is 16.1 Å². The summed E-state index contributed by atoms with van der Waals surface area (Å²) in [6, 6.07) is 15.9. The van der Waals surface area contributed by atoms with Gasteiger partial charge in [-0.15, -0.1) is 0 Å². The predicted octanol–water partition coefficient (Wildman–Crippen LogP) is 3.37. The molecule has 160 valence electrons. The van der Waals surface area contributed by atoms with Gasteiger partial charge in [-0.2, -0.15) is 5.10 Å². The van der Waals surface area contributed by atoms with Crippen LogP contribution in [0.4, 0.5) is 0 Å². The number of amides is 1. The Morgan fingerprint density at radius 2 is 1.77 bits per heavy atom. The minimum Gasteiger partial charge on any atom is -0.442 e. The number of nitrogens with zero attached hydrogens (tertiary/aromatic N) is 2. The molecule has 1 saturated carbocycles. The Labute approximate surface area is 180 Å². The molecule has 1 fully saturated rings. The normalized spacial score (nSPS) is 14.2. The molecule has 4 rings (SSSR count). The van der Waals surface area contributed by atoms with Crippen LogP contribution in [-0.4, -0.2) is 27.7 Å². The molecule has 0 radical (unpaired) electrons. The Balaban J connectivity index is 1.70. The predicted molar refractivity (Wildman–Crippen MR) is 117 cm³/mol. The van der Waals surface area contributed by atoms with Crippen molar-refractivity contribution in [3.8, 4) is 0 Å². The van der Waals surface area contributed by atoms with Gasteiger partial charge in [-0.05, 0) is 25.3 Å². The van der Waals surface area contributed by atoms with Gasteiger partial charge in [-0.25, -0.2) is 9.48 Å². The number of ether oxygens (including phenoxy) is 1. The van der Waals surface area contributed by atoms with Crippen LogP contribution < -0.4 is 10.9 Å². The lowest BCUT2D eigenvalue weighted by Gasteiger charge is -2.18. The zero-order chi connectivity index (χ0) is 21.8. The summed E-state index contributed by atoms with van der Waals surface area (Å²) in [5.74, 6) is -1.09. The molecule has 0 aliphatic heterocycles. The number of hydrogen-bond acceptors (Lipinski definition) is 5. The standard InChI is InChI=1S/C24H25N3O4/c1-2-3-15-27-23(29)19-12-8-7-11-18(19)20(26-27)24(30)31-21(16-9-5-4-6-10-16)22(28)25-17-13-14-17/h4-12,17,21H,2-3,13-15H2,1H3,(H,25,28)/t21-/m0/s1. The summed E-state index contributed by atoms with van der Waals surface area (Å²) in [4.78, 5) is 38.8. The lowest BCUT2D eigenvalue weighted by molar-refractivity contribution is -0.130. The number of esters is 1. The third kappa shape index (κ3) is 4.66. The number of nitrogens with one attached hydrogen (secondary N) is 1. The minimum atomic E-state index is -1.09. The van der Waals surface area contributed by atoms with Gasteiger partial charge in [-0.3, -0.25) is 9.59 Å². The molecule has 0 spiro atoms. The largest absolute Gasteiger partial charge is 0.442 e. The van der Waals surface area contributed by atoms with E-state index in [1.165, 1.54) is 4.68 Å². The van der Waals surface area contributed by atoms with Crippen molar-refractivity contribution >= 4 is 22.6 Å². The third-order valence-corrected chi connectivity index (χ3v) is 5.27. The molecule has 0 bridgehead atoms. The second-order valence-electron chi connectivity index (χ2n) is 7.75. The van der Waals surface area contributed by atoms with Crippen LogP contribution in [0.1, 0.15) is 54.8 Å². The highest BCUT2D eigenvalue weighted by Crippen LogP contribution is 2.25. The van der Waals surface area contributed by atoms with Gasteiger partial charge in [0.05, 0.1) is 5.39 Å². The highest BCUT2D eigenvalue weighted by Gasteiger charge is 2.32. The Morgan fingerprint density at radius 3 is 2.45 bits per heavy atom. The van der Waals surface area contributed by atoms with E-state index in [1.807, 2.05) is 13.0 Å². The van der Waals surface area contributed by atoms with Crippen molar-refractivity contribution in [1.82, 2.24) is 15.1 Å². The van der Waals surface area contributed by atoms with E-state index in [-0.39, 0.29) is 23.2 Å². The molecule has 1 aliphatic rings. The summed E-state index contributed by atoms with van der Waals surface area (Å²) in [5, 5.41) is 8.04. The molecule has 1 aromatic heterocycles. The number of hydrogen-bond donors (Lipinski definition) is 1. The zero-order valence-electron chi connectivity index (χ0n) is 17.4. The number of aromatic nitrogens is 2. The van der Waals surface area contributed by atoms with Crippen LogP contribution in [0.15, 0.2) is 59.4 Å². The molecule has 1 amide bonds. The quantitative estimate of drug-likeness (QED) is 0.566. The van der Waals surface area contributed by atoms with Gasteiger partial charge in [-0.1, -0.05) is 61.9 Å². The second kappa shape index (κ2) is 9.12. The number of unbranched alkanes of at least 4 members (excludes halogenated alkanes) is 1. The Morgan fingerprint density at radius 1 is 1.10 bits per heavy atom. The molecule has 1 N–H and O–H groups in total. The molecule has 1 heterocycles. The second-order valence-corrected chi connectivity index (χ2v) is 7.75. The topological polar surface area (TPSA) is 90.3 Å². The average molecular weight is 419 g/mol. The van der Waals surface area contributed by atoms with Gasteiger partial charge in [0.25, 0.3) is 11.5 Å². The van der Waals surface area contributed by atoms with E-state index in [0.717, 1.165) is 25.7 Å². The van der Waals surface area contributed by atoms with Crippen LogP contribution >= 0.6 is 0 Å². The fraction of sp³-hybridized carbons (Fsp3) is 0.333. The van der Waals surface area contributed by atoms with Gasteiger partial charge in [0, 0.05) is 23.5 Å². The third-order valence-electron chi connectivity index (χ3n) is 5.27. The first-order chi connectivity index (χ1) is 15.1. The fourth-order valence-corrected chi connectivity index (χ4v) is 3.41. The van der Waals surface area contributed by atoms with Crippen molar-refractivity contribution in [2.45, 2.75) is 51.3 Å². The Hall–Kier alpha value is -3.48. The van der Waals surface area contributed by atoms with Crippen LogP contribution in [0.5, 0.6) is 0 Å². The van der Waals surface area contributed by atoms with Gasteiger partial charge in [0.15, 0.2) is 5.69 Å². The van der Waals surface area contributed by atoms with E-state index in [1.54, 1.807) is 48.5 Å². The monoisotopic (exact) mass is 419 g/mol. The SMILES string of the molecule is CCCCn1nc(C(=O)O[C@H](C(=O)NC2CC2)c2ccccc2)c2ccccc2c1=O. The van der Waals surface area contributed by atoms with Crippen LogP contribution in [0.2, 0.25) is 0 Å². The molecular weight excluding hydrogens is 394 g/mol. The van der Waals surface area contributed by atoms with Crippen LogP contribution in [0.3, 0.4) is 0 Å². The van der Waals surface area contributed by atoms with E-state index >= 15 is 0 Å². The van der Waals surface area contributed by atoms with Crippen molar-refractivity contribution in [3.05, 3.63) is 76.2 Å². The lowest BCUT2D eigenvalue weighted by Crippen LogP contribution is -2.34. The van der Waals surface area contributed by atoms with E-state index in [4.69, 9.17) is 4.74 Å². The molecule has 0 saturated heterocycles. The van der Waals surface area contributed by atoms with Gasteiger partial charge < -0.3 is 10.1 Å². The minimum absolute atomic E-state index is 0.0338. The molecule has 31 heavy (non-hydrogen) atoms. The Bertz CT molecular complexity index is 1150. The average Bonchev–Trinajstić information content (AvgIpc) is 3.61. The van der Waals surface area contributed by atoms with Crippen molar-refractivity contribution < 1.29 is 14.3 Å². The maximum atomic E-state index is 13.2. The van der Waals surface area contributed by atoms with Crippen molar-refractivity contribution in [3.63, 3.8) is 0 Å². The number of rotatable bonds is 8. The number of fused-ring (bicyclic) bond motifs is 1. The number of aryl methyl sites for hydroxylation is 1. The first kappa shape index (κ1) is 20.8. The molecule has 1 aliphatic carbocycles. The highest BCUT2D eigenvalue weighted by molar-refractivity contribution is 6.03. The van der Waals surface area contributed by atoms with E-state index < -0.39 is 12.1 Å². The summed E-state index contributed by atoms with van der Waals surface area (Å²) in [7, 11) is 0. The molecule has 2 aromatic carbocycles. The van der Waals surface area contributed by atoms with Gasteiger partial charge in [0.1, 0.15) is 0 Å². The fourth-order valence-electron chi connectivity index (χ4n) is 3.41. The van der Waals surface area contributed by atoms with Gasteiger partial charge in [0.2, 0.25) is 6.10 Å². The maximum absolute atomic E-state index is 13.2. The van der Waals surface area contributed by atoms with Crippen molar-refractivity contribution in [1.29, 1.82) is 0 Å². The first-order valence-electron chi connectivity index (χ1n) is 10.6. The van der Waals surface area contributed by atoms with Gasteiger partial charge >= 0.3 is 5.97 Å². The molecule has 3 aromatic rings. The van der Waals surface area contributed by atoms with E-state index in [9.17, 15) is 14.4 Å².